The smallest absolute Gasteiger partial charge is 0.412 e. The van der Waals surface area contributed by atoms with E-state index in [1.54, 1.807) is 4.90 Å². The standard InChI is InChI=1S/C16H25NO3Si/c1-13-17(15(10-11-19-13)21(2,3)4)16(18)20-12-14-8-6-5-7-9-14/h5-9,13,15H,10-12H2,1-4H3. The second-order valence-corrected chi connectivity index (χ2v) is 12.0. The average molecular weight is 307 g/mol. The van der Waals surface area contributed by atoms with E-state index in [1.807, 2.05) is 37.3 Å². The number of benzene rings is 1. The monoisotopic (exact) mass is 307 g/mol. The van der Waals surface area contributed by atoms with Crippen LogP contribution in [0.5, 0.6) is 0 Å². The Balaban J connectivity index is 2.04. The lowest BCUT2D eigenvalue weighted by molar-refractivity contribution is -0.0869. The van der Waals surface area contributed by atoms with Gasteiger partial charge in [0.15, 0.2) is 0 Å². The van der Waals surface area contributed by atoms with Crippen molar-refractivity contribution < 1.29 is 14.3 Å². The molecule has 0 radical (unpaired) electrons. The fraction of sp³-hybridized carbons (Fsp3) is 0.562. The van der Waals surface area contributed by atoms with Gasteiger partial charge in [0.25, 0.3) is 0 Å². The zero-order valence-electron chi connectivity index (χ0n) is 13.3. The van der Waals surface area contributed by atoms with E-state index in [1.165, 1.54) is 0 Å². The Bertz CT molecular complexity index is 472. The Labute approximate surface area is 128 Å². The minimum atomic E-state index is -1.49. The molecule has 21 heavy (non-hydrogen) atoms. The van der Waals surface area contributed by atoms with Crippen LogP contribution in [0.1, 0.15) is 18.9 Å². The zero-order chi connectivity index (χ0) is 15.5. The maximum absolute atomic E-state index is 12.5. The number of carbonyl (C=O) groups is 1. The van der Waals surface area contributed by atoms with E-state index in [4.69, 9.17) is 9.47 Å². The van der Waals surface area contributed by atoms with Gasteiger partial charge in [-0.1, -0.05) is 50.0 Å². The molecule has 1 heterocycles. The number of hydrogen-bond donors (Lipinski definition) is 0. The molecule has 5 heteroatoms. The second-order valence-electron chi connectivity index (χ2n) is 6.59. The van der Waals surface area contributed by atoms with E-state index in [9.17, 15) is 4.79 Å². The largest absolute Gasteiger partial charge is 0.444 e. The van der Waals surface area contributed by atoms with Crippen molar-refractivity contribution in [2.24, 2.45) is 0 Å². The fourth-order valence-electron chi connectivity index (χ4n) is 2.74. The van der Waals surface area contributed by atoms with Crippen molar-refractivity contribution in [1.29, 1.82) is 0 Å². The number of hydrogen-bond acceptors (Lipinski definition) is 3. The first-order valence-corrected chi connectivity index (χ1v) is 11.1. The molecule has 2 unspecified atom stereocenters. The fourth-order valence-corrected chi connectivity index (χ4v) is 4.88. The van der Waals surface area contributed by atoms with Crippen LogP contribution in [-0.2, 0) is 16.1 Å². The molecule has 1 saturated heterocycles. The molecule has 1 aromatic carbocycles. The van der Waals surface area contributed by atoms with Gasteiger partial charge in [0, 0.05) is 5.67 Å². The van der Waals surface area contributed by atoms with E-state index in [2.05, 4.69) is 19.6 Å². The lowest BCUT2D eigenvalue weighted by Crippen LogP contribution is -2.60. The van der Waals surface area contributed by atoms with Gasteiger partial charge in [-0.15, -0.1) is 0 Å². The third kappa shape index (κ3) is 4.08. The van der Waals surface area contributed by atoms with E-state index in [0.29, 0.717) is 6.61 Å². The summed E-state index contributed by atoms with van der Waals surface area (Å²) in [6.45, 7) is 9.81. The van der Waals surface area contributed by atoms with Crippen LogP contribution in [0.25, 0.3) is 0 Å². The molecule has 2 rings (SSSR count). The minimum absolute atomic E-state index is 0.209. The predicted molar refractivity (Wildman–Crippen MR) is 85.6 cm³/mol. The molecule has 0 aliphatic carbocycles. The molecular weight excluding hydrogens is 282 g/mol. The Morgan fingerprint density at radius 2 is 2.00 bits per heavy atom. The van der Waals surface area contributed by atoms with Crippen molar-refractivity contribution >= 4 is 14.2 Å². The van der Waals surface area contributed by atoms with Crippen LogP contribution in [0, 0.1) is 0 Å². The Morgan fingerprint density at radius 3 is 2.62 bits per heavy atom. The highest BCUT2D eigenvalue weighted by Gasteiger charge is 2.41. The number of carbonyl (C=O) groups excluding carboxylic acids is 1. The number of amides is 1. The highest BCUT2D eigenvalue weighted by molar-refractivity contribution is 6.77. The molecule has 1 aromatic rings. The van der Waals surface area contributed by atoms with Crippen molar-refractivity contribution in [2.45, 2.75) is 51.5 Å². The van der Waals surface area contributed by atoms with Crippen LogP contribution in [0.4, 0.5) is 4.79 Å². The van der Waals surface area contributed by atoms with Crippen molar-refractivity contribution in [1.82, 2.24) is 4.90 Å². The molecule has 0 bridgehead atoms. The van der Waals surface area contributed by atoms with Gasteiger partial charge >= 0.3 is 6.09 Å². The Kier molecular flexibility index (Phi) is 5.06. The van der Waals surface area contributed by atoms with Crippen LogP contribution in [0.2, 0.25) is 19.6 Å². The summed E-state index contributed by atoms with van der Waals surface area (Å²) in [5, 5.41) is 0. The van der Waals surface area contributed by atoms with Crippen LogP contribution >= 0.6 is 0 Å². The van der Waals surface area contributed by atoms with E-state index in [0.717, 1.165) is 18.6 Å². The van der Waals surface area contributed by atoms with Gasteiger partial charge in [0.05, 0.1) is 14.7 Å². The summed E-state index contributed by atoms with van der Waals surface area (Å²) in [6.07, 6.45) is 0.428. The summed E-state index contributed by atoms with van der Waals surface area (Å²) < 4.78 is 11.1. The summed E-state index contributed by atoms with van der Waals surface area (Å²) in [5.74, 6) is 0. The van der Waals surface area contributed by atoms with Gasteiger partial charge in [-0.05, 0) is 18.9 Å². The zero-order valence-corrected chi connectivity index (χ0v) is 14.3. The number of ether oxygens (including phenoxy) is 2. The summed E-state index contributed by atoms with van der Waals surface area (Å²) in [5.41, 5.74) is 1.27. The lowest BCUT2D eigenvalue weighted by atomic mass is 10.2. The van der Waals surface area contributed by atoms with E-state index < -0.39 is 8.07 Å². The molecule has 0 saturated carbocycles. The first kappa shape index (κ1) is 16.0. The molecule has 1 amide bonds. The molecule has 2 atom stereocenters. The topological polar surface area (TPSA) is 38.8 Å². The highest BCUT2D eigenvalue weighted by Crippen LogP contribution is 2.26. The van der Waals surface area contributed by atoms with Crippen molar-refractivity contribution in [2.75, 3.05) is 6.61 Å². The van der Waals surface area contributed by atoms with Crippen LogP contribution in [0.3, 0.4) is 0 Å². The molecule has 0 spiro atoms. The van der Waals surface area contributed by atoms with Gasteiger partial charge in [0.1, 0.15) is 12.8 Å². The molecular formula is C16H25NO3Si. The van der Waals surface area contributed by atoms with Crippen LogP contribution in [-0.4, -0.2) is 37.6 Å². The van der Waals surface area contributed by atoms with Crippen molar-refractivity contribution in [3.8, 4) is 0 Å². The summed E-state index contributed by atoms with van der Waals surface area (Å²) in [7, 11) is -1.49. The molecule has 1 aliphatic rings. The van der Waals surface area contributed by atoms with E-state index >= 15 is 0 Å². The van der Waals surface area contributed by atoms with Gasteiger partial charge in [0.2, 0.25) is 0 Å². The third-order valence-corrected chi connectivity index (χ3v) is 6.46. The first-order valence-electron chi connectivity index (χ1n) is 7.50. The van der Waals surface area contributed by atoms with Crippen LogP contribution < -0.4 is 0 Å². The highest BCUT2D eigenvalue weighted by atomic mass is 28.3. The van der Waals surface area contributed by atoms with Crippen LogP contribution in [0.15, 0.2) is 30.3 Å². The molecule has 116 valence electrons. The van der Waals surface area contributed by atoms with Gasteiger partial charge < -0.3 is 9.47 Å². The second kappa shape index (κ2) is 6.62. The summed E-state index contributed by atoms with van der Waals surface area (Å²) >= 11 is 0. The van der Waals surface area contributed by atoms with Gasteiger partial charge in [-0.2, -0.15) is 0 Å². The SMILES string of the molecule is CC1OCCC([Si](C)(C)C)N1C(=O)OCc1ccccc1. The summed E-state index contributed by atoms with van der Waals surface area (Å²) in [4.78, 5) is 14.3. The minimum Gasteiger partial charge on any atom is -0.444 e. The lowest BCUT2D eigenvalue weighted by Gasteiger charge is -2.44. The third-order valence-electron chi connectivity index (χ3n) is 3.89. The maximum atomic E-state index is 12.5. The quantitative estimate of drug-likeness (QED) is 0.800. The predicted octanol–water partition coefficient (Wildman–Crippen LogP) is 3.64. The average Bonchev–Trinajstić information content (AvgIpc) is 2.44. The van der Waals surface area contributed by atoms with Crippen molar-refractivity contribution in [3.05, 3.63) is 35.9 Å². The maximum Gasteiger partial charge on any atom is 0.412 e. The molecule has 0 aromatic heterocycles. The molecule has 1 aliphatic heterocycles. The first-order chi connectivity index (χ1) is 9.89. The Hall–Kier alpha value is -1.33. The Morgan fingerprint density at radius 1 is 1.33 bits per heavy atom. The van der Waals surface area contributed by atoms with E-state index in [-0.39, 0.29) is 18.0 Å². The van der Waals surface area contributed by atoms with Gasteiger partial charge in [-0.25, -0.2) is 4.79 Å². The van der Waals surface area contributed by atoms with Crippen molar-refractivity contribution in [3.63, 3.8) is 0 Å². The number of nitrogens with zero attached hydrogens (tertiary/aromatic N) is 1. The molecule has 4 nitrogen and oxygen atoms in total. The van der Waals surface area contributed by atoms with Gasteiger partial charge in [-0.3, -0.25) is 4.90 Å². The molecule has 1 fully saturated rings. The summed E-state index contributed by atoms with van der Waals surface area (Å²) in [6, 6.07) is 9.76. The molecule has 0 N–H and O–H groups in total. The number of rotatable bonds is 3. The normalized spacial score (nSPS) is 23.0.